The lowest BCUT2D eigenvalue weighted by Gasteiger charge is -2.22. The summed E-state index contributed by atoms with van der Waals surface area (Å²) >= 11 is 0. The average Bonchev–Trinajstić information content (AvgIpc) is 2.73. The maximum Gasteiger partial charge on any atom is 0.0717 e. The molecule has 1 aliphatic rings. The summed E-state index contributed by atoms with van der Waals surface area (Å²) in [6.45, 7) is 4.82. The zero-order chi connectivity index (χ0) is 12.1. The molecule has 3 heteroatoms. The third kappa shape index (κ3) is 3.28. The largest absolute Gasteiger partial charge is 0.395 e. The monoisotopic (exact) mass is 235 g/mol. The molecule has 1 N–H and O–H groups in total. The summed E-state index contributed by atoms with van der Waals surface area (Å²) in [4.78, 5) is 2.32. The molecular formula is C14H21NO2. The summed E-state index contributed by atoms with van der Waals surface area (Å²) in [5.74, 6) is 0. The molecule has 1 heterocycles. The van der Waals surface area contributed by atoms with Crippen LogP contribution in [0, 0.1) is 0 Å². The minimum absolute atomic E-state index is 0.219. The van der Waals surface area contributed by atoms with E-state index in [0.29, 0.717) is 0 Å². The van der Waals surface area contributed by atoms with Gasteiger partial charge in [-0.3, -0.25) is 4.90 Å². The van der Waals surface area contributed by atoms with Crippen molar-refractivity contribution in [2.45, 2.75) is 32.0 Å². The maximum absolute atomic E-state index is 9.40. The molecule has 1 aliphatic heterocycles. The first-order chi connectivity index (χ1) is 8.33. The molecule has 0 saturated carbocycles. The van der Waals surface area contributed by atoms with Crippen LogP contribution < -0.4 is 0 Å². The van der Waals surface area contributed by atoms with Crippen LogP contribution in [0.2, 0.25) is 0 Å². The number of aliphatic hydroxyl groups is 1. The van der Waals surface area contributed by atoms with E-state index in [0.717, 1.165) is 26.1 Å². The molecule has 2 atom stereocenters. The number of hydrogen-bond acceptors (Lipinski definition) is 3. The smallest absolute Gasteiger partial charge is 0.0717 e. The summed E-state index contributed by atoms with van der Waals surface area (Å²) in [7, 11) is 0. The van der Waals surface area contributed by atoms with Crippen molar-refractivity contribution in [1.82, 2.24) is 4.90 Å². The second kappa shape index (κ2) is 6.15. The first-order valence-corrected chi connectivity index (χ1v) is 6.34. The van der Waals surface area contributed by atoms with E-state index in [1.54, 1.807) is 0 Å². The Bertz CT molecular complexity index is 328. The standard InChI is InChI=1S/C14H21NO2/c1-2-17-14-8-13(11-16)15(10-14)9-12-6-4-3-5-7-12/h3-7,13-14,16H,2,8-11H2,1H3/t13?,14-/m1/s1. The highest BCUT2D eigenvalue weighted by Gasteiger charge is 2.31. The highest BCUT2D eigenvalue weighted by molar-refractivity contribution is 5.15. The van der Waals surface area contributed by atoms with Gasteiger partial charge in [-0.15, -0.1) is 0 Å². The van der Waals surface area contributed by atoms with Crippen LogP contribution in [0.5, 0.6) is 0 Å². The van der Waals surface area contributed by atoms with E-state index in [1.165, 1.54) is 5.56 Å². The van der Waals surface area contributed by atoms with Crippen LogP contribution in [-0.4, -0.2) is 41.9 Å². The van der Waals surface area contributed by atoms with Crippen LogP contribution in [0.15, 0.2) is 30.3 Å². The van der Waals surface area contributed by atoms with Gasteiger partial charge >= 0.3 is 0 Å². The quantitative estimate of drug-likeness (QED) is 0.842. The number of benzene rings is 1. The Morgan fingerprint density at radius 1 is 1.35 bits per heavy atom. The van der Waals surface area contributed by atoms with Crippen LogP contribution in [0.25, 0.3) is 0 Å². The van der Waals surface area contributed by atoms with Crippen LogP contribution >= 0.6 is 0 Å². The number of ether oxygens (including phenoxy) is 1. The molecule has 1 saturated heterocycles. The van der Waals surface area contributed by atoms with Crippen LogP contribution in [0.3, 0.4) is 0 Å². The molecule has 1 fully saturated rings. The minimum Gasteiger partial charge on any atom is -0.395 e. The Hall–Kier alpha value is -0.900. The molecule has 3 nitrogen and oxygen atoms in total. The van der Waals surface area contributed by atoms with Crippen molar-refractivity contribution in [2.75, 3.05) is 19.8 Å². The Morgan fingerprint density at radius 3 is 2.76 bits per heavy atom. The second-order valence-electron chi connectivity index (χ2n) is 4.56. The summed E-state index contributed by atoms with van der Waals surface area (Å²) in [6.07, 6.45) is 1.22. The fourth-order valence-electron chi connectivity index (χ4n) is 2.50. The number of nitrogens with zero attached hydrogens (tertiary/aromatic N) is 1. The van der Waals surface area contributed by atoms with E-state index >= 15 is 0 Å². The molecule has 2 rings (SSSR count). The number of hydrogen-bond donors (Lipinski definition) is 1. The number of likely N-dealkylation sites (tertiary alicyclic amines) is 1. The van der Waals surface area contributed by atoms with E-state index < -0.39 is 0 Å². The Morgan fingerprint density at radius 2 is 2.12 bits per heavy atom. The van der Waals surface area contributed by atoms with Crippen molar-refractivity contribution >= 4 is 0 Å². The predicted molar refractivity (Wildman–Crippen MR) is 67.8 cm³/mol. The molecule has 17 heavy (non-hydrogen) atoms. The molecule has 0 bridgehead atoms. The molecule has 0 aromatic heterocycles. The van der Waals surface area contributed by atoms with Gasteiger partial charge in [0.1, 0.15) is 0 Å². The zero-order valence-electron chi connectivity index (χ0n) is 10.4. The Labute approximate surface area is 103 Å². The van der Waals surface area contributed by atoms with Crippen molar-refractivity contribution in [2.24, 2.45) is 0 Å². The van der Waals surface area contributed by atoms with E-state index in [-0.39, 0.29) is 18.8 Å². The van der Waals surface area contributed by atoms with Gasteiger partial charge in [0.2, 0.25) is 0 Å². The molecule has 1 aromatic rings. The van der Waals surface area contributed by atoms with Gasteiger partial charge in [0.25, 0.3) is 0 Å². The number of rotatable bonds is 5. The SMILES string of the molecule is CCO[C@@H]1CC(CO)N(Cc2ccccc2)C1. The maximum atomic E-state index is 9.40. The highest BCUT2D eigenvalue weighted by atomic mass is 16.5. The summed E-state index contributed by atoms with van der Waals surface area (Å²) in [5, 5.41) is 9.40. The van der Waals surface area contributed by atoms with Gasteiger partial charge < -0.3 is 9.84 Å². The highest BCUT2D eigenvalue weighted by Crippen LogP contribution is 2.22. The van der Waals surface area contributed by atoms with Crippen molar-refractivity contribution < 1.29 is 9.84 Å². The normalized spacial score (nSPS) is 25.3. The first kappa shape index (κ1) is 12.6. The van der Waals surface area contributed by atoms with E-state index in [9.17, 15) is 5.11 Å². The third-order valence-corrected chi connectivity index (χ3v) is 3.33. The molecule has 0 aliphatic carbocycles. The lowest BCUT2D eigenvalue weighted by atomic mass is 10.2. The van der Waals surface area contributed by atoms with Crippen molar-refractivity contribution in [3.05, 3.63) is 35.9 Å². The van der Waals surface area contributed by atoms with E-state index in [1.807, 2.05) is 13.0 Å². The minimum atomic E-state index is 0.219. The van der Waals surface area contributed by atoms with E-state index in [4.69, 9.17) is 4.74 Å². The van der Waals surface area contributed by atoms with Crippen molar-refractivity contribution in [3.8, 4) is 0 Å². The molecular weight excluding hydrogens is 214 g/mol. The Balaban J connectivity index is 1.95. The summed E-state index contributed by atoms with van der Waals surface area (Å²) in [6, 6.07) is 10.6. The molecule has 0 radical (unpaired) electrons. The lowest BCUT2D eigenvalue weighted by molar-refractivity contribution is 0.0683. The fraction of sp³-hybridized carbons (Fsp3) is 0.571. The molecule has 94 valence electrons. The Kier molecular flexibility index (Phi) is 4.54. The van der Waals surface area contributed by atoms with Gasteiger partial charge in [-0.1, -0.05) is 30.3 Å². The van der Waals surface area contributed by atoms with Gasteiger partial charge in [0.05, 0.1) is 12.7 Å². The summed E-state index contributed by atoms with van der Waals surface area (Å²) < 4.78 is 5.65. The van der Waals surface area contributed by atoms with Crippen LogP contribution in [0.4, 0.5) is 0 Å². The zero-order valence-corrected chi connectivity index (χ0v) is 10.4. The van der Waals surface area contributed by atoms with Crippen LogP contribution in [0.1, 0.15) is 18.9 Å². The van der Waals surface area contributed by atoms with Gasteiger partial charge in [0.15, 0.2) is 0 Å². The lowest BCUT2D eigenvalue weighted by Crippen LogP contribution is -2.31. The molecule has 1 unspecified atom stereocenters. The third-order valence-electron chi connectivity index (χ3n) is 3.33. The average molecular weight is 235 g/mol. The van der Waals surface area contributed by atoms with Crippen LogP contribution in [-0.2, 0) is 11.3 Å². The second-order valence-corrected chi connectivity index (χ2v) is 4.56. The molecule has 0 spiro atoms. The van der Waals surface area contributed by atoms with Gasteiger partial charge in [-0.25, -0.2) is 0 Å². The molecule has 0 amide bonds. The fourth-order valence-corrected chi connectivity index (χ4v) is 2.50. The van der Waals surface area contributed by atoms with E-state index in [2.05, 4.69) is 29.2 Å². The van der Waals surface area contributed by atoms with Crippen molar-refractivity contribution in [1.29, 1.82) is 0 Å². The molecule has 1 aromatic carbocycles. The predicted octanol–water partition coefficient (Wildman–Crippen LogP) is 1.66. The number of aliphatic hydroxyl groups excluding tert-OH is 1. The van der Waals surface area contributed by atoms with Crippen molar-refractivity contribution in [3.63, 3.8) is 0 Å². The topological polar surface area (TPSA) is 32.7 Å². The van der Waals surface area contributed by atoms with Gasteiger partial charge in [0, 0.05) is 25.7 Å². The van der Waals surface area contributed by atoms with Gasteiger partial charge in [-0.2, -0.15) is 0 Å². The first-order valence-electron chi connectivity index (χ1n) is 6.34. The summed E-state index contributed by atoms with van der Waals surface area (Å²) in [5.41, 5.74) is 1.29. The van der Waals surface area contributed by atoms with Gasteiger partial charge in [-0.05, 0) is 18.9 Å².